The van der Waals surface area contributed by atoms with Crippen molar-refractivity contribution >= 4 is 23.3 Å². The van der Waals surface area contributed by atoms with Crippen molar-refractivity contribution in [2.75, 3.05) is 11.9 Å². The molecule has 0 radical (unpaired) electrons. The van der Waals surface area contributed by atoms with Crippen molar-refractivity contribution in [1.82, 2.24) is 15.3 Å². The average Bonchev–Trinajstić information content (AvgIpc) is 2.68. The number of benzene rings is 2. The summed E-state index contributed by atoms with van der Waals surface area (Å²) in [4.78, 5) is 20.9. The Morgan fingerprint density at radius 2 is 1.71 bits per heavy atom. The van der Waals surface area contributed by atoms with Gasteiger partial charge in [-0.2, -0.15) is 0 Å². The van der Waals surface area contributed by atoms with Crippen molar-refractivity contribution in [2.45, 2.75) is 19.9 Å². The molecule has 0 aliphatic heterocycles. The summed E-state index contributed by atoms with van der Waals surface area (Å²) in [6.45, 7) is 2.68. The molecule has 0 fully saturated rings. The van der Waals surface area contributed by atoms with Crippen molar-refractivity contribution in [2.24, 2.45) is 0 Å². The van der Waals surface area contributed by atoms with Gasteiger partial charge in [0.15, 0.2) is 0 Å². The highest BCUT2D eigenvalue weighted by atomic mass is 35.5. The smallest absolute Gasteiger partial charge is 0.270 e. The van der Waals surface area contributed by atoms with Crippen LogP contribution < -0.4 is 10.6 Å². The first kappa shape index (κ1) is 19.8. The molecule has 144 valence electrons. The monoisotopic (exact) mass is 398 g/mol. The van der Waals surface area contributed by atoms with Crippen LogP contribution in [-0.4, -0.2) is 22.4 Å². The van der Waals surface area contributed by atoms with Crippen LogP contribution in [0.15, 0.2) is 54.6 Å². The quantitative estimate of drug-likeness (QED) is 0.627. The molecule has 0 saturated heterocycles. The number of carbonyl (C=O) groups is 1. The van der Waals surface area contributed by atoms with E-state index >= 15 is 0 Å². The fraction of sp³-hybridized carbons (Fsp3) is 0.190. The molecule has 0 unspecified atom stereocenters. The normalized spacial score (nSPS) is 10.5. The fourth-order valence-corrected chi connectivity index (χ4v) is 2.76. The molecule has 28 heavy (non-hydrogen) atoms. The molecule has 2 aromatic carbocycles. The van der Waals surface area contributed by atoms with Crippen LogP contribution in [0, 0.1) is 12.7 Å². The molecule has 1 heterocycles. The predicted octanol–water partition coefficient (Wildman–Crippen LogP) is 4.16. The summed E-state index contributed by atoms with van der Waals surface area (Å²) in [6.07, 6.45) is 0.697. The van der Waals surface area contributed by atoms with Crippen LogP contribution >= 0.6 is 11.6 Å². The molecule has 1 amide bonds. The van der Waals surface area contributed by atoms with E-state index in [-0.39, 0.29) is 11.7 Å². The van der Waals surface area contributed by atoms with Gasteiger partial charge in [-0.3, -0.25) is 4.79 Å². The number of hydrogen-bond acceptors (Lipinski definition) is 4. The Labute approximate surface area is 168 Å². The Morgan fingerprint density at radius 3 is 2.43 bits per heavy atom. The third-order valence-corrected chi connectivity index (χ3v) is 4.32. The molecule has 7 heteroatoms. The van der Waals surface area contributed by atoms with Crippen LogP contribution in [0.1, 0.15) is 27.4 Å². The van der Waals surface area contributed by atoms with Gasteiger partial charge in [0.25, 0.3) is 5.91 Å². The van der Waals surface area contributed by atoms with Crippen LogP contribution in [0.2, 0.25) is 5.02 Å². The van der Waals surface area contributed by atoms with Gasteiger partial charge in [-0.15, -0.1) is 0 Å². The largest absolute Gasteiger partial charge is 0.366 e. The average molecular weight is 399 g/mol. The van der Waals surface area contributed by atoms with Crippen LogP contribution in [0.3, 0.4) is 0 Å². The number of amides is 1. The third kappa shape index (κ3) is 5.76. The van der Waals surface area contributed by atoms with E-state index in [1.54, 1.807) is 25.1 Å². The molecule has 3 rings (SSSR count). The minimum absolute atomic E-state index is 0.260. The van der Waals surface area contributed by atoms with E-state index in [2.05, 4.69) is 20.6 Å². The number of nitrogens with one attached hydrogen (secondary N) is 2. The molecule has 0 aliphatic carbocycles. The summed E-state index contributed by atoms with van der Waals surface area (Å²) >= 11 is 5.87. The molecule has 1 aromatic heterocycles. The van der Waals surface area contributed by atoms with E-state index < -0.39 is 0 Å². The van der Waals surface area contributed by atoms with E-state index in [0.29, 0.717) is 41.9 Å². The van der Waals surface area contributed by atoms with Crippen molar-refractivity contribution < 1.29 is 9.18 Å². The second-order valence-corrected chi connectivity index (χ2v) is 6.73. The Bertz CT molecular complexity index is 946. The maximum Gasteiger partial charge on any atom is 0.270 e. The van der Waals surface area contributed by atoms with E-state index in [4.69, 9.17) is 11.6 Å². The van der Waals surface area contributed by atoms with E-state index in [0.717, 1.165) is 11.1 Å². The number of halogens is 2. The second kappa shape index (κ2) is 9.28. The van der Waals surface area contributed by atoms with E-state index in [9.17, 15) is 9.18 Å². The Morgan fingerprint density at radius 1 is 1.04 bits per heavy atom. The first-order valence-corrected chi connectivity index (χ1v) is 9.24. The van der Waals surface area contributed by atoms with Crippen molar-refractivity contribution in [1.29, 1.82) is 0 Å². The lowest BCUT2D eigenvalue weighted by atomic mass is 10.1. The molecule has 0 aliphatic rings. The zero-order valence-corrected chi connectivity index (χ0v) is 16.1. The van der Waals surface area contributed by atoms with Crippen LogP contribution in [0.5, 0.6) is 0 Å². The molecule has 0 saturated carbocycles. The van der Waals surface area contributed by atoms with Crippen LogP contribution in [0.4, 0.5) is 10.2 Å². The highest BCUT2D eigenvalue weighted by Gasteiger charge is 2.10. The topological polar surface area (TPSA) is 66.9 Å². The minimum Gasteiger partial charge on any atom is -0.366 e. The first-order chi connectivity index (χ1) is 13.5. The predicted molar refractivity (Wildman–Crippen MR) is 108 cm³/mol. The zero-order chi connectivity index (χ0) is 19.9. The standard InChI is InChI=1S/C21H20ClFN4O/c1-14-26-19(21(28)24-11-10-15-2-6-17(22)7-3-15)12-20(27-14)25-13-16-4-8-18(23)9-5-16/h2-9,12H,10-11,13H2,1H3,(H,24,28)(H,25,26,27). The molecule has 0 spiro atoms. The van der Waals surface area contributed by atoms with Gasteiger partial charge in [0, 0.05) is 24.2 Å². The summed E-state index contributed by atoms with van der Waals surface area (Å²) < 4.78 is 13.0. The van der Waals surface area contributed by atoms with Gasteiger partial charge in [0.05, 0.1) is 0 Å². The molecule has 0 bridgehead atoms. The lowest BCUT2D eigenvalue weighted by Crippen LogP contribution is -2.27. The number of carbonyl (C=O) groups excluding carboxylic acids is 1. The lowest BCUT2D eigenvalue weighted by molar-refractivity contribution is 0.0949. The highest BCUT2D eigenvalue weighted by Crippen LogP contribution is 2.11. The second-order valence-electron chi connectivity index (χ2n) is 6.30. The number of aromatic nitrogens is 2. The van der Waals surface area contributed by atoms with Crippen LogP contribution in [0.25, 0.3) is 0 Å². The Hall–Kier alpha value is -2.99. The molecule has 2 N–H and O–H groups in total. The van der Waals surface area contributed by atoms with Gasteiger partial charge in [-0.05, 0) is 48.7 Å². The Balaban J connectivity index is 1.57. The SMILES string of the molecule is Cc1nc(NCc2ccc(F)cc2)cc(C(=O)NCCc2ccc(Cl)cc2)n1. The maximum atomic E-state index is 13.0. The van der Waals surface area contributed by atoms with Gasteiger partial charge in [-0.1, -0.05) is 35.9 Å². The number of rotatable bonds is 7. The van der Waals surface area contributed by atoms with Gasteiger partial charge in [0.1, 0.15) is 23.2 Å². The molecular weight excluding hydrogens is 379 g/mol. The summed E-state index contributed by atoms with van der Waals surface area (Å²) in [5.74, 6) is 0.495. The number of anilines is 1. The molecular formula is C21H20ClFN4O. The molecule has 3 aromatic rings. The summed E-state index contributed by atoms with van der Waals surface area (Å²) in [7, 11) is 0. The summed E-state index contributed by atoms with van der Waals surface area (Å²) in [6, 6.07) is 15.3. The van der Waals surface area contributed by atoms with Crippen molar-refractivity contribution in [3.05, 3.63) is 88.1 Å². The number of hydrogen-bond donors (Lipinski definition) is 2. The maximum absolute atomic E-state index is 13.0. The van der Waals surface area contributed by atoms with E-state index in [1.165, 1.54) is 12.1 Å². The Kier molecular flexibility index (Phi) is 6.55. The first-order valence-electron chi connectivity index (χ1n) is 8.86. The van der Waals surface area contributed by atoms with Gasteiger partial charge in [-0.25, -0.2) is 14.4 Å². The van der Waals surface area contributed by atoms with Crippen molar-refractivity contribution in [3.8, 4) is 0 Å². The minimum atomic E-state index is -0.279. The van der Waals surface area contributed by atoms with Crippen molar-refractivity contribution in [3.63, 3.8) is 0 Å². The van der Waals surface area contributed by atoms with Crippen LogP contribution in [-0.2, 0) is 13.0 Å². The van der Waals surface area contributed by atoms with E-state index in [1.807, 2.05) is 24.3 Å². The fourth-order valence-electron chi connectivity index (χ4n) is 2.63. The lowest BCUT2D eigenvalue weighted by Gasteiger charge is -2.09. The van der Waals surface area contributed by atoms with Gasteiger partial charge >= 0.3 is 0 Å². The van der Waals surface area contributed by atoms with Gasteiger partial charge in [0.2, 0.25) is 0 Å². The summed E-state index contributed by atoms with van der Waals surface area (Å²) in [5, 5.41) is 6.69. The number of nitrogens with zero attached hydrogens (tertiary/aromatic N) is 2. The third-order valence-electron chi connectivity index (χ3n) is 4.07. The number of aryl methyl sites for hydroxylation is 1. The summed E-state index contributed by atoms with van der Waals surface area (Å²) in [5.41, 5.74) is 2.29. The van der Waals surface area contributed by atoms with Gasteiger partial charge < -0.3 is 10.6 Å². The highest BCUT2D eigenvalue weighted by molar-refractivity contribution is 6.30. The molecule has 5 nitrogen and oxygen atoms in total. The zero-order valence-electron chi connectivity index (χ0n) is 15.4. The molecule has 0 atom stereocenters.